The molecule has 0 bridgehead atoms. The van der Waals surface area contributed by atoms with Gasteiger partial charge in [-0.3, -0.25) is 4.79 Å². The van der Waals surface area contributed by atoms with E-state index in [2.05, 4.69) is 0 Å². The van der Waals surface area contributed by atoms with Gasteiger partial charge in [-0.2, -0.15) is 0 Å². The van der Waals surface area contributed by atoms with Crippen LogP contribution in [0.1, 0.15) is 22.6 Å². The third-order valence-electron chi connectivity index (χ3n) is 4.22. The molecule has 0 aromatic heterocycles. The van der Waals surface area contributed by atoms with Crippen molar-refractivity contribution < 1.29 is 15.0 Å². The van der Waals surface area contributed by atoms with Crippen molar-refractivity contribution in [2.24, 2.45) is 0 Å². The lowest BCUT2D eigenvalue weighted by atomic mass is 9.74. The van der Waals surface area contributed by atoms with Crippen LogP contribution in [0.3, 0.4) is 0 Å². The number of allylic oxidation sites excluding steroid dienone is 2. The van der Waals surface area contributed by atoms with E-state index in [0.717, 1.165) is 16.8 Å². The topological polar surface area (TPSA) is 60.8 Å². The molecule has 1 unspecified atom stereocenters. The third-order valence-corrected chi connectivity index (χ3v) is 4.22. The van der Waals surface area contributed by atoms with Crippen molar-refractivity contribution in [2.75, 3.05) is 19.0 Å². The monoisotopic (exact) mass is 309 g/mol. The predicted molar refractivity (Wildman–Crippen MR) is 90.9 cm³/mol. The normalized spacial score (nSPS) is 17.2. The number of carbonyl (C=O) groups is 1. The molecule has 0 spiro atoms. The summed E-state index contributed by atoms with van der Waals surface area (Å²) in [6.45, 7) is 1.97. The molecule has 23 heavy (non-hydrogen) atoms. The lowest BCUT2D eigenvalue weighted by Gasteiger charge is -2.29. The van der Waals surface area contributed by atoms with Crippen LogP contribution in [0.15, 0.2) is 48.2 Å². The Balaban J connectivity index is 1.98. The van der Waals surface area contributed by atoms with E-state index in [-0.39, 0.29) is 22.9 Å². The van der Waals surface area contributed by atoms with E-state index in [4.69, 9.17) is 0 Å². The molecule has 0 aliphatic heterocycles. The first-order valence-electron chi connectivity index (χ1n) is 7.44. The Morgan fingerprint density at radius 2 is 1.65 bits per heavy atom. The molecule has 1 atom stereocenters. The van der Waals surface area contributed by atoms with Crippen LogP contribution in [0.2, 0.25) is 0 Å². The van der Waals surface area contributed by atoms with Crippen molar-refractivity contribution in [1.29, 1.82) is 0 Å². The average Bonchev–Trinajstić information content (AvgIpc) is 2.51. The summed E-state index contributed by atoms with van der Waals surface area (Å²) in [5.74, 6) is -0.780. The van der Waals surface area contributed by atoms with Gasteiger partial charge in [0.15, 0.2) is 5.78 Å². The number of phenolic OH excluding ortho intramolecular Hbond substituents is 1. The van der Waals surface area contributed by atoms with Gasteiger partial charge in [0, 0.05) is 31.4 Å². The van der Waals surface area contributed by atoms with Gasteiger partial charge in [0.25, 0.3) is 0 Å². The molecule has 0 heterocycles. The van der Waals surface area contributed by atoms with Crippen molar-refractivity contribution in [3.8, 4) is 5.75 Å². The first-order valence-corrected chi connectivity index (χ1v) is 7.44. The lowest BCUT2D eigenvalue weighted by Crippen LogP contribution is -2.28. The fourth-order valence-corrected chi connectivity index (χ4v) is 2.81. The van der Waals surface area contributed by atoms with Gasteiger partial charge in [-0.25, -0.2) is 0 Å². The first-order chi connectivity index (χ1) is 10.9. The summed E-state index contributed by atoms with van der Waals surface area (Å²) < 4.78 is 0. The van der Waals surface area contributed by atoms with Gasteiger partial charge in [-0.05, 0) is 24.6 Å². The Kier molecular flexibility index (Phi) is 3.60. The highest BCUT2D eigenvalue weighted by atomic mass is 16.3. The number of aryl methyl sites for hydroxylation is 1. The minimum atomic E-state index is -0.626. The number of Topliss-reactive ketones (excluding diaryl/α,β-unsaturated/α-hetero) is 1. The van der Waals surface area contributed by atoms with Crippen LogP contribution in [0.25, 0.3) is 5.57 Å². The minimum Gasteiger partial charge on any atom is -0.510 e. The Morgan fingerprint density at radius 3 is 2.17 bits per heavy atom. The average molecular weight is 309 g/mol. The fourth-order valence-electron chi connectivity index (χ4n) is 2.81. The molecule has 1 aliphatic carbocycles. The number of aliphatic hydroxyl groups is 1. The summed E-state index contributed by atoms with van der Waals surface area (Å²) in [6.07, 6.45) is 0. The van der Waals surface area contributed by atoms with Crippen LogP contribution in [0.4, 0.5) is 5.69 Å². The SMILES string of the molecule is Cc1ccc(C2C(=O)C(c3ccc(N(C)C)cc3O)=C2O)cc1. The highest BCUT2D eigenvalue weighted by Crippen LogP contribution is 2.45. The molecule has 0 amide bonds. The maximum absolute atomic E-state index is 12.5. The highest BCUT2D eigenvalue weighted by Gasteiger charge is 2.42. The van der Waals surface area contributed by atoms with Gasteiger partial charge >= 0.3 is 0 Å². The summed E-state index contributed by atoms with van der Waals surface area (Å²) in [6, 6.07) is 12.6. The molecule has 0 saturated carbocycles. The van der Waals surface area contributed by atoms with Crippen LogP contribution < -0.4 is 4.90 Å². The molecule has 4 heteroatoms. The molecule has 118 valence electrons. The van der Waals surface area contributed by atoms with E-state index in [1.165, 1.54) is 0 Å². The summed E-state index contributed by atoms with van der Waals surface area (Å²) in [4.78, 5) is 14.3. The Hall–Kier alpha value is -2.75. The zero-order valence-corrected chi connectivity index (χ0v) is 13.4. The number of aromatic hydroxyl groups is 1. The van der Waals surface area contributed by atoms with Gasteiger partial charge in [0.2, 0.25) is 0 Å². The molecule has 0 saturated heterocycles. The predicted octanol–water partition coefficient (Wildman–Crippen LogP) is 3.40. The Bertz CT molecular complexity index is 804. The Morgan fingerprint density at radius 1 is 1.00 bits per heavy atom. The zero-order valence-electron chi connectivity index (χ0n) is 13.4. The quantitative estimate of drug-likeness (QED) is 0.912. The van der Waals surface area contributed by atoms with Crippen molar-refractivity contribution in [1.82, 2.24) is 0 Å². The molecule has 2 N–H and O–H groups in total. The van der Waals surface area contributed by atoms with Gasteiger partial charge in [-0.15, -0.1) is 0 Å². The minimum absolute atomic E-state index is 0.00606. The van der Waals surface area contributed by atoms with E-state index < -0.39 is 5.92 Å². The Labute approximate surface area is 135 Å². The zero-order chi connectivity index (χ0) is 16.7. The number of phenols is 1. The maximum atomic E-state index is 12.5. The second-order valence-corrected chi connectivity index (χ2v) is 6.06. The van der Waals surface area contributed by atoms with Crippen molar-refractivity contribution in [3.63, 3.8) is 0 Å². The molecule has 3 rings (SSSR count). The van der Waals surface area contributed by atoms with E-state index in [1.807, 2.05) is 56.3 Å². The van der Waals surface area contributed by atoms with Crippen LogP contribution in [-0.2, 0) is 4.79 Å². The number of carbonyl (C=O) groups excluding carboxylic acids is 1. The summed E-state index contributed by atoms with van der Waals surface area (Å²) in [5, 5.41) is 20.5. The molecule has 0 fully saturated rings. The molecule has 2 aromatic carbocycles. The van der Waals surface area contributed by atoms with Crippen LogP contribution in [0.5, 0.6) is 5.75 Å². The van der Waals surface area contributed by atoms with Crippen LogP contribution in [0, 0.1) is 6.92 Å². The molecular formula is C19H19NO3. The maximum Gasteiger partial charge on any atom is 0.182 e. The highest BCUT2D eigenvalue weighted by molar-refractivity contribution is 6.32. The van der Waals surface area contributed by atoms with Crippen molar-refractivity contribution >= 4 is 17.0 Å². The number of hydrogen-bond donors (Lipinski definition) is 2. The smallest absolute Gasteiger partial charge is 0.182 e. The molecule has 1 aliphatic rings. The third kappa shape index (κ3) is 2.46. The lowest BCUT2D eigenvalue weighted by molar-refractivity contribution is -0.116. The number of nitrogens with zero attached hydrogens (tertiary/aromatic N) is 1. The standard InChI is InChI=1S/C19H19NO3/c1-11-4-6-12(7-5-11)16-18(22)17(19(16)23)14-9-8-13(20(2)3)10-15(14)21/h4-10,16,21-22H,1-3H3. The number of benzene rings is 2. The summed E-state index contributed by atoms with van der Waals surface area (Å²) in [7, 11) is 3.74. The number of anilines is 1. The van der Waals surface area contributed by atoms with Crippen LogP contribution in [-0.4, -0.2) is 30.1 Å². The van der Waals surface area contributed by atoms with E-state index in [9.17, 15) is 15.0 Å². The number of rotatable bonds is 3. The molecule has 4 nitrogen and oxygen atoms in total. The summed E-state index contributed by atoms with van der Waals surface area (Å²) in [5.41, 5.74) is 3.28. The van der Waals surface area contributed by atoms with E-state index >= 15 is 0 Å². The number of ketones is 1. The number of hydrogen-bond acceptors (Lipinski definition) is 4. The molecule has 0 radical (unpaired) electrons. The summed E-state index contributed by atoms with van der Waals surface area (Å²) >= 11 is 0. The second-order valence-electron chi connectivity index (χ2n) is 6.06. The largest absolute Gasteiger partial charge is 0.510 e. The van der Waals surface area contributed by atoms with Gasteiger partial charge in [-0.1, -0.05) is 29.8 Å². The first kappa shape index (κ1) is 15.2. The molecular weight excluding hydrogens is 290 g/mol. The van der Waals surface area contributed by atoms with Gasteiger partial charge in [0.05, 0.1) is 5.57 Å². The van der Waals surface area contributed by atoms with Gasteiger partial charge < -0.3 is 15.1 Å². The van der Waals surface area contributed by atoms with Crippen molar-refractivity contribution in [3.05, 3.63) is 64.9 Å². The number of aliphatic hydroxyl groups excluding tert-OH is 1. The second kappa shape index (κ2) is 5.47. The van der Waals surface area contributed by atoms with Crippen LogP contribution >= 0.6 is 0 Å². The van der Waals surface area contributed by atoms with Crippen molar-refractivity contribution in [2.45, 2.75) is 12.8 Å². The fraction of sp³-hybridized carbons (Fsp3) is 0.211. The van der Waals surface area contributed by atoms with E-state index in [1.54, 1.807) is 12.1 Å². The molecule has 2 aromatic rings. The van der Waals surface area contributed by atoms with Gasteiger partial charge in [0.1, 0.15) is 17.4 Å². The van der Waals surface area contributed by atoms with E-state index in [0.29, 0.717) is 5.56 Å².